The van der Waals surface area contributed by atoms with Gasteiger partial charge in [-0.15, -0.1) is 0 Å². The van der Waals surface area contributed by atoms with Crippen LogP contribution in [0.25, 0.3) is 83.3 Å². The molecule has 0 unspecified atom stereocenters. The summed E-state index contributed by atoms with van der Waals surface area (Å²) >= 11 is 0. The molecule has 0 atom stereocenters. The average molecular weight is 745 g/mol. The van der Waals surface area contributed by atoms with Gasteiger partial charge in [-0.1, -0.05) is 140 Å². The molecule has 0 saturated heterocycles. The Morgan fingerprint density at radius 1 is 0.397 bits per heavy atom. The summed E-state index contributed by atoms with van der Waals surface area (Å²) < 4.78 is 8.83. The molecule has 0 spiro atoms. The Balaban J connectivity index is 0.975. The largest absolute Gasteiger partial charge is 0.456 e. The summed E-state index contributed by atoms with van der Waals surface area (Å²) in [5.41, 5.74) is 13.1. The van der Waals surface area contributed by atoms with Crippen molar-refractivity contribution in [3.05, 3.63) is 217 Å². The zero-order valence-electron chi connectivity index (χ0n) is 31.6. The van der Waals surface area contributed by atoms with Gasteiger partial charge >= 0.3 is 0 Å². The standard InChI is InChI=1S/C53H36N4O/c1-4-14-37(15-5-1)39-18-12-20-41(33-39)53-55-50(54-52(56-53)38-16-6-2-7-17-38)34-40-19-13-25-49-51(40)45-32-36(27-29-48(45)58-49)30-35-26-28-47-44(31-35)43-23-10-11-24-46(43)57(47)42-21-8-3-9-22-42/h1-29,31-33H,30,34H2. The number of fused-ring (bicyclic) bond motifs is 6. The van der Waals surface area contributed by atoms with Crippen molar-refractivity contribution >= 4 is 43.7 Å². The van der Waals surface area contributed by atoms with Crippen LogP contribution < -0.4 is 0 Å². The second-order valence-corrected chi connectivity index (χ2v) is 14.8. The van der Waals surface area contributed by atoms with E-state index in [0.29, 0.717) is 23.9 Å². The molecule has 0 fully saturated rings. The number of nitrogens with zero attached hydrogens (tertiary/aromatic N) is 4. The van der Waals surface area contributed by atoms with Crippen LogP contribution in [0.4, 0.5) is 0 Å². The molecular formula is C53H36N4O. The van der Waals surface area contributed by atoms with Gasteiger partial charge in [-0.3, -0.25) is 0 Å². The Bertz CT molecular complexity index is 3280. The maximum Gasteiger partial charge on any atom is 0.163 e. The van der Waals surface area contributed by atoms with Gasteiger partial charge in [0.2, 0.25) is 0 Å². The summed E-state index contributed by atoms with van der Waals surface area (Å²) in [5.74, 6) is 2.01. The first-order valence-corrected chi connectivity index (χ1v) is 19.7. The lowest BCUT2D eigenvalue weighted by Gasteiger charge is -2.10. The van der Waals surface area contributed by atoms with Gasteiger partial charge in [0.1, 0.15) is 17.0 Å². The third kappa shape index (κ3) is 6.10. The van der Waals surface area contributed by atoms with Crippen molar-refractivity contribution in [1.82, 2.24) is 19.5 Å². The van der Waals surface area contributed by atoms with Crippen LogP contribution in [0.5, 0.6) is 0 Å². The van der Waals surface area contributed by atoms with Crippen LogP contribution >= 0.6 is 0 Å². The van der Waals surface area contributed by atoms with E-state index >= 15 is 0 Å². The van der Waals surface area contributed by atoms with Gasteiger partial charge in [-0.05, 0) is 88.8 Å². The Hall–Kier alpha value is -7.63. The molecule has 3 aromatic heterocycles. The van der Waals surface area contributed by atoms with Crippen LogP contribution in [0.2, 0.25) is 0 Å². The van der Waals surface area contributed by atoms with Crippen LogP contribution in [0, 0.1) is 0 Å². The maximum absolute atomic E-state index is 6.47. The molecule has 8 aromatic carbocycles. The van der Waals surface area contributed by atoms with E-state index in [1.54, 1.807) is 0 Å². The van der Waals surface area contributed by atoms with Crippen LogP contribution in [0.3, 0.4) is 0 Å². The van der Waals surface area contributed by atoms with Crippen molar-refractivity contribution in [3.8, 4) is 39.6 Å². The van der Waals surface area contributed by atoms with E-state index in [9.17, 15) is 0 Å². The van der Waals surface area contributed by atoms with Gasteiger partial charge in [0.25, 0.3) is 0 Å². The number of aromatic nitrogens is 4. The Morgan fingerprint density at radius 3 is 1.83 bits per heavy atom. The van der Waals surface area contributed by atoms with Gasteiger partial charge in [-0.25, -0.2) is 15.0 Å². The highest BCUT2D eigenvalue weighted by atomic mass is 16.3. The van der Waals surface area contributed by atoms with Gasteiger partial charge in [-0.2, -0.15) is 0 Å². The number of hydrogen-bond acceptors (Lipinski definition) is 4. The van der Waals surface area contributed by atoms with Gasteiger partial charge in [0, 0.05) is 44.8 Å². The minimum Gasteiger partial charge on any atom is -0.456 e. The molecule has 3 heterocycles. The molecule has 274 valence electrons. The highest BCUT2D eigenvalue weighted by Crippen LogP contribution is 2.36. The Labute approximate surface area is 335 Å². The van der Waals surface area contributed by atoms with Gasteiger partial charge in [0.15, 0.2) is 11.6 Å². The lowest BCUT2D eigenvalue weighted by Crippen LogP contribution is -2.04. The first-order chi connectivity index (χ1) is 28.7. The zero-order chi connectivity index (χ0) is 38.4. The van der Waals surface area contributed by atoms with Crippen molar-refractivity contribution in [2.45, 2.75) is 12.8 Å². The summed E-state index contributed by atoms with van der Waals surface area (Å²) in [6, 6.07) is 68.1. The fourth-order valence-corrected chi connectivity index (χ4v) is 8.41. The molecule has 11 rings (SSSR count). The van der Waals surface area contributed by atoms with Crippen molar-refractivity contribution in [3.63, 3.8) is 0 Å². The Morgan fingerprint density at radius 2 is 1.02 bits per heavy atom. The number of para-hydroxylation sites is 2. The summed E-state index contributed by atoms with van der Waals surface area (Å²) in [7, 11) is 0. The fourth-order valence-electron chi connectivity index (χ4n) is 8.41. The van der Waals surface area contributed by atoms with Crippen LogP contribution in [-0.2, 0) is 12.8 Å². The van der Waals surface area contributed by atoms with E-state index in [4.69, 9.17) is 19.4 Å². The number of furan rings is 1. The van der Waals surface area contributed by atoms with Crippen molar-refractivity contribution in [1.29, 1.82) is 0 Å². The Kier molecular flexibility index (Phi) is 8.21. The third-order valence-electron chi connectivity index (χ3n) is 11.1. The molecular weight excluding hydrogens is 709 g/mol. The number of benzene rings is 8. The molecule has 0 aliphatic heterocycles. The second kappa shape index (κ2) is 14.1. The van der Waals surface area contributed by atoms with E-state index in [1.807, 2.05) is 36.4 Å². The highest BCUT2D eigenvalue weighted by molar-refractivity contribution is 6.10. The second-order valence-electron chi connectivity index (χ2n) is 14.8. The molecule has 0 bridgehead atoms. The predicted octanol–water partition coefficient (Wildman–Crippen LogP) is 13.1. The number of rotatable bonds is 8. The molecule has 5 nitrogen and oxygen atoms in total. The molecule has 58 heavy (non-hydrogen) atoms. The maximum atomic E-state index is 6.47. The molecule has 0 amide bonds. The van der Waals surface area contributed by atoms with Crippen molar-refractivity contribution in [2.75, 3.05) is 0 Å². The fraction of sp³-hybridized carbons (Fsp3) is 0.0377. The van der Waals surface area contributed by atoms with Crippen LogP contribution in [-0.4, -0.2) is 19.5 Å². The summed E-state index contributed by atoms with van der Waals surface area (Å²) in [4.78, 5) is 15.2. The lowest BCUT2D eigenvalue weighted by atomic mass is 9.98. The van der Waals surface area contributed by atoms with Gasteiger partial charge in [0.05, 0.1) is 11.0 Å². The molecule has 0 aliphatic rings. The smallest absolute Gasteiger partial charge is 0.163 e. The molecule has 11 aromatic rings. The van der Waals surface area contributed by atoms with Crippen LogP contribution in [0.1, 0.15) is 22.5 Å². The van der Waals surface area contributed by atoms with Crippen LogP contribution in [0.15, 0.2) is 199 Å². The van der Waals surface area contributed by atoms with E-state index in [-0.39, 0.29) is 0 Å². The summed E-state index contributed by atoms with van der Waals surface area (Å²) in [6.45, 7) is 0. The van der Waals surface area contributed by atoms with Gasteiger partial charge < -0.3 is 8.98 Å². The predicted molar refractivity (Wildman–Crippen MR) is 236 cm³/mol. The first kappa shape index (κ1) is 33.7. The highest BCUT2D eigenvalue weighted by Gasteiger charge is 2.17. The normalized spacial score (nSPS) is 11.6. The van der Waals surface area contributed by atoms with Crippen molar-refractivity contribution < 1.29 is 4.42 Å². The lowest BCUT2D eigenvalue weighted by molar-refractivity contribution is 0.668. The molecule has 0 saturated carbocycles. The zero-order valence-corrected chi connectivity index (χ0v) is 31.6. The number of hydrogen-bond donors (Lipinski definition) is 0. The summed E-state index contributed by atoms with van der Waals surface area (Å²) in [5, 5.41) is 4.70. The van der Waals surface area contributed by atoms with Crippen molar-refractivity contribution in [2.24, 2.45) is 0 Å². The molecule has 0 radical (unpaired) electrons. The SMILES string of the molecule is c1ccc(-c2cccc(-c3nc(Cc4cccc5oc6ccc(Cc7ccc8c(c7)c7ccccc7n8-c7ccccc7)cc6c45)nc(-c4ccccc4)n3)c2)cc1. The van der Waals surface area contributed by atoms with E-state index in [2.05, 4.69) is 162 Å². The molecule has 5 heteroatoms. The monoisotopic (exact) mass is 744 g/mol. The quantitative estimate of drug-likeness (QED) is 0.155. The average Bonchev–Trinajstić information content (AvgIpc) is 3.83. The third-order valence-corrected chi connectivity index (χ3v) is 11.1. The summed E-state index contributed by atoms with van der Waals surface area (Å²) in [6.07, 6.45) is 1.32. The molecule has 0 N–H and O–H groups in total. The van der Waals surface area contributed by atoms with E-state index in [0.717, 1.165) is 61.9 Å². The minimum absolute atomic E-state index is 0.520. The minimum atomic E-state index is 0.520. The first-order valence-electron chi connectivity index (χ1n) is 19.7. The molecule has 0 aliphatic carbocycles. The van der Waals surface area contributed by atoms with E-state index in [1.165, 1.54) is 32.9 Å². The topological polar surface area (TPSA) is 56.7 Å². The van der Waals surface area contributed by atoms with E-state index < -0.39 is 0 Å².